The van der Waals surface area contributed by atoms with Crippen LogP contribution in [0.2, 0.25) is 0 Å². The smallest absolute Gasteiger partial charge is 0.143 e. The molecular weight excluding hydrogens is 272 g/mol. The Hall–Kier alpha value is -2.08. The lowest BCUT2D eigenvalue weighted by atomic mass is 10.1. The van der Waals surface area contributed by atoms with Crippen LogP contribution in [0.5, 0.6) is 0 Å². The Balaban J connectivity index is 1.66. The van der Waals surface area contributed by atoms with Gasteiger partial charge in [-0.1, -0.05) is 66.6 Å². The number of hydrogen-bond donors (Lipinski definition) is 0. The quantitative estimate of drug-likeness (QED) is 0.557. The zero-order valence-corrected chi connectivity index (χ0v) is 13.0. The van der Waals surface area contributed by atoms with Crippen LogP contribution in [0, 0.1) is 11.8 Å². The third-order valence-corrected chi connectivity index (χ3v) is 3.27. The fourth-order valence-corrected chi connectivity index (χ4v) is 2.10. The molecule has 0 heterocycles. The molecule has 2 heteroatoms. The second-order valence-corrected chi connectivity index (χ2v) is 4.99. The van der Waals surface area contributed by atoms with Crippen LogP contribution < -0.4 is 0 Å². The zero-order valence-electron chi connectivity index (χ0n) is 13.0. The van der Waals surface area contributed by atoms with Crippen LogP contribution in [0.15, 0.2) is 60.7 Å². The van der Waals surface area contributed by atoms with Crippen LogP contribution >= 0.6 is 0 Å². The fourth-order valence-electron chi connectivity index (χ4n) is 2.10. The molecule has 22 heavy (non-hydrogen) atoms. The Labute approximate surface area is 133 Å². The topological polar surface area (TPSA) is 18.5 Å². The second kappa shape index (κ2) is 9.78. The molecule has 0 spiro atoms. The molecule has 2 nitrogen and oxygen atoms in total. The van der Waals surface area contributed by atoms with E-state index >= 15 is 0 Å². The predicted molar refractivity (Wildman–Crippen MR) is 89.3 cm³/mol. The minimum absolute atomic E-state index is 0.147. The van der Waals surface area contributed by atoms with Crippen LogP contribution in [0.25, 0.3) is 0 Å². The minimum atomic E-state index is -0.147. The number of methoxy groups -OCH3 is 1. The first kappa shape index (κ1) is 16.3. The molecule has 0 aliphatic carbocycles. The van der Waals surface area contributed by atoms with Crippen LogP contribution in [0.1, 0.15) is 30.1 Å². The van der Waals surface area contributed by atoms with Gasteiger partial charge in [0.2, 0.25) is 0 Å². The van der Waals surface area contributed by atoms with Crippen LogP contribution in [-0.4, -0.2) is 13.7 Å². The van der Waals surface area contributed by atoms with E-state index in [1.54, 1.807) is 7.11 Å². The highest BCUT2D eigenvalue weighted by Gasteiger charge is 2.04. The van der Waals surface area contributed by atoms with Crippen molar-refractivity contribution in [3.63, 3.8) is 0 Å². The van der Waals surface area contributed by atoms with Crippen molar-refractivity contribution in [2.75, 3.05) is 13.7 Å². The van der Waals surface area contributed by atoms with Gasteiger partial charge in [0.1, 0.15) is 6.10 Å². The summed E-state index contributed by atoms with van der Waals surface area (Å²) in [5.74, 6) is 6.35. The van der Waals surface area contributed by atoms with Gasteiger partial charge in [-0.05, 0) is 17.5 Å². The van der Waals surface area contributed by atoms with E-state index in [4.69, 9.17) is 9.47 Å². The summed E-state index contributed by atoms with van der Waals surface area (Å²) in [5, 5.41) is 0. The predicted octanol–water partition coefficient (Wildman–Crippen LogP) is 4.37. The molecule has 2 aromatic rings. The summed E-state index contributed by atoms with van der Waals surface area (Å²) < 4.78 is 11.1. The average Bonchev–Trinajstić information content (AvgIpc) is 2.59. The molecule has 114 valence electrons. The van der Waals surface area contributed by atoms with Gasteiger partial charge in [-0.25, -0.2) is 0 Å². The highest BCUT2D eigenvalue weighted by atomic mass is 16.5. The Morgan fingerprint density at radius 1 is 0.955 bits per heavy atom. The van der Waals surface area contributed by atoms with Gasteiger partial charge in [-0.15, -0.1) is 5.92 Å². The second-order valence-electron chi connectivity index (χ2n) is 4.99. The molecule has 0 bridgehead atoms. The maximum absolute atomic E-state index is 5.64. The molecule has 0 N–H and O–H groups in total. The Bertz CT molecular complexity index is 581. The molecule has 0 fully saturated rings. The lowest BCUT2D eigenvalue weighted by Crippen LogP contribution is -1.98. The van der Waals surface area contributed by atoms with Crippen LogP contribution in [0.3, 0.4) is 0 Å². The highest BCUT2D eigenvalue weighted by Crippen LogP contribution is 2.14. The molecule has 0 radical (unpaired) electrons. The van der Waals surface area contributed by atoms with Crippen molar-refractivity contribution < 1.29 is 9.47 Å². The standard InChI is InChI=1S/C20H22O2/c1-21-20(19-13-7-3-8-14-19)15-9-4-10-16-22-17-18-11-5-2-6-12-18/h2-3,5-8,11-14,20H,4,10,16-17H2,1H3. The van der Waals surface area contributed by atoms with Crippen LogP contribution in [-0.2, 0) is 16.1 Å². The molecule has 2 aromatic carbocycles. The van der Waals surface area contributed by atoms with E-state index in [1.165, 1.54) is 5.56 Å². The molecule has 1 atom stereocenters. The molecule has 0 aliphatic rings. The van der Waals surface area contributed by atoms with E-state index in [1.807, 2.05) is 48.5 Å². The van der Waals surface area contributed by atoms with Gasteiger partial charge in [-0.2, -0.15) is 0 Å². The third-order valence-electron chi connectivity index (χ3n) is 3.27. The number of hydrogen-bond acceptors (Lipinski definition) is 2. The Morgan fingerprint density at radius 3 is 2.32 bits per heavy atom. The summed E-state index contributed by atoms with van der Waals surface area (Å²) >= 11 is 0. The van der Waals surface area contributed by atoms with E-state index in [2.05, 4.69) is 24.0 Å². The summed E-state index contributed by atoms with van der Waals surface area (Å²) in [7, 11) is 1.69. The summed E-state index contributed by atoms with van der Waals surface area (Å²) in [4.78, 5) is 0. The van der Waals surface area contributed by atoms with Gasteiger partial charge in [0.15, 0.2) is 0 Å². The number of rotatable bonds is 7. The first-order chi connectivity index (χ1) is 10.9. The lowest BCUT2D eigenvalue weighted by molar-refractivity contribution is 0.119. The SMILES string of the molecule is COC(C#CCCCOCc1ccccc1)c1ccccc1. The van der Waals surface area contributed by atoms with Crippen molar-refractivity contribution in [3.05, 3.63) is 71.8 Å². The normalized spacial score (nSPS) is 11.5. The minimum Gasteiger partial charge on any atom is -0.377 e. The summed E-state index contributed by atoms with van der Waals surface area (Å²) in [6.45, 7) is 1.39. The summed E-state index contributed by atoms with van der Waals surface area (Å²) in [6, 6.07) is 20.3. The number of benzene rings is 2. The first-order valence-corrected chi connectivity index (χ1v) is 7.58. The number of unbranched alkanes of at least 4 members (excludes halogenated alkanes) is 1. The van der Waals surface area contributed by atoms with E-state index in [0.717, 1.165) is 25.0 Å². The van der Waals surface area contributed by atoms with E-state index in [-0.39, 0.29) is 6.10 Å². The molecular formula is C20H22O2. The van der Waals surface area contributed by atoms with Gasteiger partial charge in [-0.3, -0.25) is 0 Å². The average molecular weight is 294 g/mol. The fraction of sp³-hybridized carbons (Fsp3) is 0.300. The Morgan fingerprint density at radius 2 is 1.64 bits per heavy atom. The number of ether oxygens (including phenoxy) is 2. The zero-order chi connectivity index (χ0) is 15.5. The molecule has 0 saturated carbocycles. The van der Waals surface area contributed by atoms with Crippen molar-refractivity contribution >= 4 is 0 Å². The van der Waals surface area contributed by atoms with E-state index in [0.29, 0.717) is 6.61 Å². The van der Waals surface area contributed by atoms with E-state index < -0.39 is 0 Å². The highest BCUT2D eigenvalue weighted by molar-refractivity contribution is 5.25. The van der Waals surface area contributed by atoms with Crippen molar-refractivity contribution in [2.24, 2.45) is 0 Å². The van der Waals surface area contributed by atoms with Gasteiger partial charge >= 0.3 is 0 Å². The van der Waals surface area contributed by atoms with Gasteiger partial charge in [0.25, 0.3) is 0 Å². The summed E-state index contributed by atoms with van der Waals surface area (Å²) in [6.07, 6.45) is 1.61. The largest absolute Gasteiger partial charge is 0.377 e. The Kier molecular flexibility index (Phi) is 7.25. The molecule has 1 unspecified atom stereocenters. The lowest BCUT2D eigenvalue weighted by Gasteiger charge is -2.08. The summed E-state index contributed by atoms with van der Waals surface area (Å²) in [5.41, 5.74) is 2.30. The van der Waals surface area contributed by atoms with Crippen molar-refractivity contribution in [1.29, 1.82) is 0 Å². The van der Waals surface area contributed by atoms with Crippen LogP contribution in [0.4, 0.5) is 0 Å². The van der Waals surface area contributed by atoms with Crippen molar-refractivity contribution in [3.8, 4) is 11.8 Å². The van der Waals surface area contributed by atoms with Gasteiger partial charge in [0.05, 0.1) is 6.61 Å². The third kappa shape index (κ3) is 5.73. The van der Waals surface area contributed by atoms with Crippen molar-refractivity contribution in [1.82, 2.24) is 0 Å². The molecule has 2 rings (SSSR count). The molecule has 0 aromatic heterocycles. The molecule has 0 aliphatic heterocycles. The molecule has 0 saturated heterocycles. The first-order valence-electron chi connectivity index (χ1n) is 7.58. The van der Waals surface area contributed by atoms with E-state index in [9.17, 15) is 0 Å². The van der Waals surface area contributed by atoms with Gasteiger partial charge in [0, 0.05) is 20.1 Å². The van der Waals surface area contributed by atoms with Gasteiger partial charge < -0.3 is 9.47 Å². The maximum atomic E-state index is 5.64. The monoisotopic (exact) mass is 294 g/mol. The molecule has 0 amide bonds. The maximum Gasteiger partial charge on any atom is 0.143 e. The van der Waals surface area contributed by atoms with Crippen molar-refractivity contribution in [2.45, 2.75) is 25.6 Å².